The Labute approximate surface area is 117 Å². The minimum absolute atomic E-state index is 0.157. The van der Waals surface area contributed by atoms with Crippen molar-refractivity contribution < 1.29 is 4.39 Å². The van der Waals surface area contributed by atoms with Gasteiger partial charge >= 0.3 is 0 Å². The first kappa shape index (κ1) is 12.3. The van der Waals surface area contributed by atoms with E-state index in [-0.39, 0.29) is 5.83 Å². The molecule has 5 nitrogen and oxygen atoms in total. The summed E-state index contributed by atoms with van der Waals surface area (Å²) >= 11 is 3.36. The van der Waals surface area contributed by atoms with Crippen molar-refractivity contribution >= 4 is 27.5 Å². The highest BCUT2D eigenvalue weighted by Gasteiger charge is 2.11. The van der Waals surface area contributed by atoms with E-state index < -0.39 is 0 Å². The molecule has 0 amide bonds. The maximum Gasteiger partial charge on any atom is 0.210 e. The van der Waals surface area contributed by atoms with Crippen LogP contribution in [0.5, 0.6) is 0 Å². The molecule has 7 heteroatoms. The summed E-state index contributed by atoms with van der Waals surface area (Å²) in [6, 6.07) is 0. The third-order valence-corrected chi connectivity index (χ3v) is 3.52. The summed E-state index contributed by atoms with van der Waals surface area (Å²) < 4.78 is 16.1. The highest BCUT2D eigenvalue weighted by atomic mass is 79.9. The number of nitrogens with zero attached hydrogens (tertiary/aromatic N) is 4. The van der Waals surface area contributed by atoms with Gasteiger partial charge in [-0.25, -0.2) is 9.37 Å². The second-order valence-electron chi connectivity index (χ2n) is 4.20. The van der Waals surface area contributed by atoms with Gasteiger partial charge in [-0.2, -0.15) is 0 Å². The second-order valence-corrected chi connectivity index (χ2v) is 5.05. The Morgan fingerprint density at radius 2 is 2.37 bits per heavy atom. The zero-order valence-corrected chi connectivity index (χ0v) is 11.6. The van der Waals surface area contributed by atoms with Crippen LogP contribution in [0.15, 0.2) is 40.5 Å². The van der Waals surface area contributed by atoms with Crippen molar-refractivity contribution in [2.45, 2.75) is 12.8 Å². The number of hydrogen-bond acceptors (Lipinski definition) is 4. The quantitative estimate of drug-likeness (QED) is 0.943. The van der Waals surface area contributed by atoms with Gasteiger partial charge in [0, 0.05) is 12.7 Å². The second kappa shape index (κ2) is 5.08. The van der Waals surface area contributed by atoms with E-state index in [4.69, 9.17) is 0 Å². The van der Waals surface area contributed by atoms with E-state index in [1.165, 1.54) is 6.08 Å². The third-order valence-electron chi connectivity index (χ3n) is 2.96. The molecule has 0 fully saturated rings. The summed E-state index contributed by atoms with van der Waals surface area (Å²) in [5.74, 6) is 0.439. The van der Waals surface area contributed by atoms with Crippen LogP contribution in [0.1, 0.15) is 12.8 Å². The SMILES string of the molecule is FC1=C(CNc2ncc(Br)c3nncn23)CCC=C1. The van der Waals surface area contributed by atoms with E-state index in [0.717, 1.165) is 22.9 Å². The molecule has 2 aromatic rings. The lowest BCUT2D eigenvalue weighted by molar-refractivity contribution is 0.633. The number of allylic oxidation sites excluding steroid dienone is 3. The summed E-state index contributed by atoms with van der Waals surface area (Å²) in [5, 5.41) is 10.9. The van der Waals surface area contributed by atoms with Gasteiger partial charge in [0.25, 0.3) is 0 Å². The molecule has 0 atom stereocenters. The minimum atomic E-state index is -0.157. The maximum absolute atomic E-state index is 13.6. The van der Waals surface area contributed by atoms with E-state index >= 15 is 0 Å². The summed E-state index contributed by atoms with van der Waals surface area (Å²) in [4.78, 5) is 4.25. The molecule has 3 rings (SSSR count). The molecule has 2 heterocycles. The Hall–Kier alpha value is -1.76. The Kier molecular flexibility index (Phi) is 3.29. The van der Waals surface area contributed by atoms with Crippen LogP contribution in [0, 0.1) is 0 Å². The van der Waals surface area contributed by atoms with Gasteiger partial charge in [-0.3, -0.25) is 4.40 Å². The number of anilines is 1. The highest BCUT2D eigenvalue weighted by Crippen LogP contribution is 2.21. The van der Waals surface area contributed by atoms with E-state index in [1.54, 1.807) is 16.9 Å². The molecule has 0 saturated carbocycles. The molecule has 0 aliphatic heterocycles. The first-order chi connectivity index (χ1) is 9.25. The third kappa shape index (κ3) is 2.37. The standard InChI is InChI=1S/C12H11BrFN5/c13-9-6-16-12(19-7-17-18-11(9)19)15-5-8-3-1-2-4-10(8)14/h2,4,6-7H,1,3,5H2,(H,15,16). The fourth-order valence-electron chi connectivity index (χ4n) is 1.96. The number of nitrogens with one attached hydrogen (secondary N) is 1. The van der Waals surface area contributed by atoms with Crippen LogP contribution in [-0.2, 0) is 0 Å². The highest BCUT2D eigenvalue weighted by molar-refractivity contribution is 9.10. The van der Waals surface area contributed by atoms with E-state index in [2.05, 4.69) is 36.4 Å². The first-order valence-corrected chi connectivity index (χ1v) is 6.67. The number of aromatic nitrogens is 4. The Morgan fingerprint density at radius 1 is 1.47 bits per heavy atom. The summed E-state index contributed by atoms with van der Waals surface area (Å²) in [5.41, 5.74) is 1.43. The average molecular weight is 324 g/mol. The van der Waals surface area contributed by atoms with Crippen LogP contribution >= 0.6 is 15.9 Å². The van der Waals surface area contributed by atoms with E-state index in [9.17, 15) is 4.39 Å². The lowest BCUT2D eigenvalue weighted by Crippen LogP contribution is -2.11. The van der Waals surface area contributed by atoms with Gasteiger partial charge in [0.2, 0.25) is 5.95 Å². The molecule has 1 N–H and O–H groups in total. The normalized spacial score (nSPS) is 15.3. The molecule has 0 bridgehead atoms. The van der Waals surface area contributed by atoms with Crippen LogP contribution in [0.3, 0.4) is 0 Å². The van der Waals surface area contributed by atoms with Gasteiger partial charge in [-0.1, -0.05) is 6.08 Å². The van der Waals surface area contributed by atoms with Crippen molar-refractivity contribution in [1.82, 2.24) is 19.6 Å². The largest absolute Gasteiger partial charge is 0.351 e. The van der Waals surface area contributed by atoms with Crippen molar-refractivity contribution in [1.29, 1.82) is 0 Å². The molecule has 0 spiro atoms. The Morgan fingerprint density at radius 3 is 3.21 bits per heavy atom. The summed E-state index contributed by atoms with van der Waals surface area (Å²) in [6.07, 6.45) is 8.19. The Bertz CT molecular complexity index is 676. The number of rotatable bonds is 3. The molecular formula is C12H11BrFN5. The van der Waals surface area contributed by atoms with Gasteiger partial charge in [0.15, 0.2) is 5.65 Å². The minimum Gasteiger partial charge on any atom is -0.351 e. The van der Waals surface area contributed by atoms with Crippen molar-refractivity contribution in [2.75, 3.05) is 11.9 Å². The van der Waals surface area contributed by atoms with Gasteiger partial charge in [-0.05, 0) is 40.4 Å². The molecule has 0 unspecified atom stereocenters. The van der Waals surface area contributed by atoms with Crippen LogP contribution < -0.4 is 5.32 Å². The van der Waals surface area contributed by atoms with Gasteiger partial charge in [-0.15, -0.1) is 10.2 Å². The monoisotopic (exact) mass is 323 g/mol. The lowest BCUT2D eigenvalue weighted by atomic mass is 10.0. The number of fused-ring (bicyclic) bond motifs is 1. The van der Waals surface area contributed by atoms with Gasteiger partial charge in [0.05, 0.1) is 4.47 Å². The molecule has 1 aliphatic carbocycles. The van der Waals surface area contributed by atoms with Crippen molar-refractivity contribution in [3.8, 4) is 0 Å². The van der Waals surface area contributed by atoms with Crippen LogP contribution in [0.25, 0.3) is 5.65 Å². The predicted octanol–water partition coefficient (Wildman–Crippen LogP) is 2.87. The zero-order chi connectivity index (χ0) is 13.2. The van der Waals surface area contributed by atoms with Crippen molar-refractivity contribution in [3.63, 3.8) is 0 Å². The van der Waals surface area contributed by atoms with Gasteiger partial charge in [0.1, 0.15) is 12.2 Å². The van der Waals surface area contributed by atoms with Crippen molar-refractivity contribution in [2.24, 2.45) is 0 Å². The van der Waals surface area contributed by atoms with Crippen LogP contribution in [-0.4, -0.2) is 26.1 Å². The molecule has 98 valence electrons. The lowest BCUT2D eigenvalue weighted by Gasteiger charge is -2.13. The number of hydrogen-bond donors (Lipinski definition) is 1. The number of halogens is 2. The topological polar surface area (TPSA) is 55.1 Å². The molecule has 19 heavy (non-hydrogen) atoms. The molecule has 0 radical (unpaired) electrons. The molecular weight excluding hydrogens is 313 g/mol. The van der Waals surface area contributed by atoms with Crippen molar-refractivity contribution in [3.05, 3.63) is 40.5 Å². The first-order valence-electron chi connectivity index (χ1n) is 5.88. The summed E-state index contributed by atoms with van der Waals surface area (Å²) in [6.45, 7) is 0.429. The maximum atomic E-state index is 13.6. The predicted molar refractivity (Wildman–Crippen MR) is 73.5 cm³/mol. The molecule has 2 aromatic heterocycles. The summed E-state index contributed by atoms with van der Waals surface area (Å²) in [7, 11) is 0. The smallest absolute Gasteiger partial charge is 0.210 e. The van der Waals surface area contributed by atoms with Gasteiger partial charge < -0.3 is 5.32 Å². The average Bonchev–Trinajstić information content (AvgIpc) is 2.90. The molecule has 0 saturated heterocycles. The Balaban J connectivity index is 1.84. The molecule has 1 aliphatic rings. The van der Waals surface area contributed by atoms with E-state index in [1.807, 2.05) is 6.08 Å². The van der Waals surface area contributed by atoms with E-state index in [0.29, 0.717) is 18.1 Å². The van der Waals surface area contributed by atoms with Crippen LogP contribution in [0.4, 0.5) is 10.3 Å². The zero-order valence-electron chi connectivity index (χ0n) is 9.98. The fourth-order valence-corrected chi connectivity index (χ4v) is 2.33. The van der Waals surface area contributed by atoms with Crippen LogP contribution in [0.2, 0.25) is 0 Å². The fraction of sp³-hybridized carbons (Fsp3) is 0.250. The molecule has 0 aromatic carbocycles.